The molecule has 0 aromatic heterocycles. The van der Waals surface area contributed by atoms with Gasteiger partial charge in [0, 0.05) is 24.7 Å². The molecule has 1 aromatic rings. The number of hydrogen-bond acceptors (Lipinski definition) is 1. The fourth-order valence-corrected chi connectivity index (χ4v) is 2.45. The number of aryl methyl sites for hydroxylation is 1. The second-order valence-electron chi connectivity index (χ2n) is 4.74. The number of benzene rings is 1. The SMILES string of the molecule is CCN(CCC(C)CCCl)c1ccccc1C. The van der Waals surface area contributed by atoms with Crippen LogP contribution in [0.15, 0.2) is 24.3 Å². The molecule has 0 fully saturated rings. The summed E-state index contributed by atoms with van der Waals surface area (Å²) in [5.41, 5.74) is 2.73. The molecule has 1 atom stereocenters. The standard InChI is InChI=1S/C15H24ClN/c1-4-17(12-10-13(2)9-11-16)15-8-6-5-7-14(15)3/h5-8,13H,4,9-12H2,1-3H3. The van der Waals surface area contributed by atoms with Gasteiger partial charge in [-0.25, -0.2) is 0 Å². The minimum absolute atomic E-state index is 0.713. The molecule has 1 rings (SSSR count). The van der Waals surface area contributed by atoms with Crippen molar-refractivity contribution >= 4 is 17.3 Å². The first-order chi connectivity index (χ1) is 8.19. The Morgan fingerprint density at radius 2 is 1.94 bits per heavy atom. The van der Waals surface area contributed by atoms with Crippen molar-refractivity contribution in [2.24, 2.45) is 5.92 Å². The third kappa shape index (κ3) is 4.59. The van der Waals surface area contributed by atoms with Gasteiger partial charge in [0.1, 0.15) is 0 Å². The predicted molar refractivity (Wildman–Crippen MR) is 78.2 cm³/mol. The van der Waals surface area contributed by atoms with Gasteiger partial charge >= 0.3 is 0 Å². The minimum atomic E-state index is 0.713. The van der Waals surface area contributed by atoms with E-state index in [9.17, 15) is 0 Å². The normalized spacial score (nSPS) is 12.5. The highest BCUT2D eigenvalue weighted by Crippen LogP contribution is 2.20. The second-order valence-corrected chi connectivity index (χ2v) is 5.12. The monoisotopic (exact) mass is 253 g/mol. The van der Waals surface area contributed by atoms with Crippen LogP contribution in [0.3, 0.4) is 0 Å². The molecule has 1 unspecified atom stereocenters. The van der Waals surface area contributed by atoms with Gasteiger partial charge in [0.05, 0.1) is 0 Å². The van der Waals surface area contributed by atoms with E-state index in [1.807, 2.05) is 0 Å². The Balaban J connectivity index is 2.57. The Kier molecular flexibility index (Phi) is 6.43. The van der Waals surface area contributed by atoms with Gasteiger partial charge in [0.2, 0.25) is 0 Å². The summed E-state index contributed by atoms with van der Waals surface area (Å²) in [6, 6.07) is 8.61. The van der Waals surface area contributed by atoms with E-state index >= 15 is 0 Å². The number of rotatable bonds is 7. The van der Waals surface area contributed by atoms with Crippen molar-refractivity contribution in [3.05, 3.63) is 29.8 Å². The smallest absolute Gasteiger partial charge is 0.0395 e. The molecule has 0 bridgehead atoms. The summed E-state index contributed by atoms with van der Waals surface area (Å²) in [5.74, 6) is 1.49. The Labute approximate surface area is 111 Å². The van der Waals surface area contributed by atoms with Gasteiger partial charge in [0.25, 0.3) is 0 Å². The number of halogens is 1. The van der Waals surface area contributed by atoms with E-state index in [0.29, 0.717) is 5.92 Å². The zero-order valence-electron chi connectivity index (χ0n) is 11.2. The van der Waals surface area contributed by atoms with Crippen LogP contribution in [0.4, 0.5) is 5.69 Å². The first-order valence-corrected chi connectivity index (χ1v) is 7.09. The third-order valence-corrected chi connectivity index (χ3v) is 3.55. The highest BCUT2D eigenvalue weighted by Gasteiger charge is 2.08. The molecule has 0 heterocycles. The largest absolute Gasteiger partial charge is 0.372 e. The Hall–Kier alpha value is -0.690. The van der Waals surface area contributed by atoms with Gasteiger partial charge in [-0.2, -0.15) is 0 Å². The fourth-order valence-electron chi connectivity index (χ4n) is 2.07. The lowest BCUT2D eigenvalue weighted by molar-refractivity contribution is 0.515. The van der Waals surface area contributed by atoms with E-state index in [0.717, 1.165) is 25.4 Å². The van der Waals surface area contributed by atoms with E-state index in [-0.39, 0.29) is 0 Å². The average Bonchev–Trinajstić information content (AvgIpc) is 2.32. The van der Waals surface area contributed by atoms with Crippen LogP contribution in [-0.4, -0.2) is 19.0 Å². The Morgan fingerprint density at radius 3 is 2.53 bits per heavy atom. The quantitative estimate of drug-likeness (QED) is 0.648. The first-order valence-electron chi connectivity index (χ1n) is 6.55. The minimum Gasteiger partial charge on any atom is -0.372 e. The highest BCUT2D eigenvalue weighted by atomic mass is 35.5. The second kappa shape index (κ2) is 7.60. The fraction of sp³-hybridized carbons (Fsp3) is 0.600. The van der Waals surface area contributed by atoms with Gasteiger partial charge in [-0.1, -0.05) is 25.1 Å². The van der Waals surface area contributed by atoms with Crippen LogP contribution in [0.5, 0.6) is 0 Å². The zero-order chi connectivity index (χ0) is 12.7. The summed E-state index contributed by atoms with van der Waals surface area (Å²) in [6.07, 6.45) is 2.34. The maximum Gasteiger partial charge on any atom is 0.0395 e. The van der Waals surface area contributed by atoms with Crippen molar-refractivity contribution in [2.45, 2.75) is 33.6 Å². The maximum atomic E-state index is 5.77. The summed E-state index contributed by atoms with van der Waals surface area (Å²) in [6.45, 7) is 8.88. The predicted octanol–water partition coefficient (Wildman–Crippen LogP) is 4.48. The first kappa shape index (κ1) is 14.4. The topological polar surface area (TPSA) is 3.24 Å². The molecular weight excluding hydrogens is 230 g/mol. The lowest BCUT2D eigenvalue weighted by Crippen LogP contribution is -2.26. The lowest BCUT2D eigenvalue weighted by atomic mass is 10.0. The summed E-state index contributed by atoms with van der Waals surface area (Å²) in [5, 5.41) is 0. The molecule has 0 saturated carbocycles. The van der Waals surface area contributed by atoms with Crippen LogP contribution >= 0.6 is 11.6 Å². The summed E-state index contributed by atoms with van der Waals surface area (Å²) in [4.78, 5) is 2.46. The summed E-state index contributed by atoms with van der Waals surface area (Å²) < 4.78 is 0. The van der Waals surface area contributed by atoms with Gasteiger partial charge in [-0.3, -0.25) is 0 Å². The van der Waals surface area contributed by atoms with Crippen molar-refractivity contribution in [3.8, 4) is 0 Å². The highest BCUT2D eigenvalue weighted by molar-refractivity contribution is 6.17. The number of alkyl halides is 1. The number of nitrogens with zero attached hydrogens (tertiary/aromatic N) is 1. The van der Waals surface area contributed by atoms with Gasteiger partial charge < -0.3 is 4.90 Å². The number of hydrogen-bond donors (Lipinski definition) is 0. The molecule has 0 saturated heterocycles. The number of para-hydroxylation sites is 1. The van der Waals surface area contributed by atoms with Crippen LogP contribution < -0.4 is 4.90 Å². The van der Waals surface area contributed by atoms with E-state index in [4.69, 9.17) is 11.6 Å². The Morgan fingerprint density at radius 1 is 1.24 bits per heavy atom. The lowest BCUT2D eigenvalue weighted by Gasteiger charge is -2.26. The summed E-state index contributed by atoms with van der Waals surface area (Å²) >= 11 is 5.77. The van der Waals surface area contributed by atoms with E-state index in [1.54, 1.807) is 0 Å². The average molecular weight is 254 g/mol. The molecule has 0 aliphatic carbocycles. The molecule has 0 N–H and O–H groups in total. The van der Waals surface area contributed by atoms with Crippen LogP contribution in [-0.2, 0) is 0 Å². The molecule has 2 heteroatoms. The molecule has 1 nitrogen and oxygen atoms in total. The van der Waals surface area contributed by atoms with E-state index in [1.165, 1.54) is 17.7 Å². The zero-order valence-corrected chi connectivity index (χ0v) is 12.0. The van der Waals surface area contributed by atoms with E-state index < -0.39 is 0 Å². The van der Waals surface area contributed by atoms with Crippen LogP contribution in [0.1, 0.15) is 32.3 Å². The van der Waals surface area contributed by atoms with Crippen molar-refractivity contribution in [1.82, 2.24) is 0 Å². The van der Waals surface area contributed by atoms with Crippen molar-refractivity contribution < 1.29 is 0 Å². The maximum absolute atomic E-state index is 5.77. The molecule has 1 aromatic carbocycles. The molecule has 0 spiro atoms. The summed E-state index contributed by atoms with van der Waals surface area (Å²) in [7, 11) is 0. The molecule has 0 aliphatic rings. The van der Waals surface area contributed by atoms with Gasteiger partial charge in [0.15, 0.2) is 0 Å². The molecule has 96 valence electrons. The molecule has 0 radical (unpaired) electrons. The van der Waals surface area contributed by atoms with E-state index in [2.05, 4.69) is 49.9 Å². The van der Waals surface area contributed by atoms with Crippen LogP contribution in [0.25, 0.3) is 0 Å². The van der Waals surface area contributed by atoms with Gasteiger partial charge in [-0.15, -0.1) is 11.6 Å². The molecule has 0 amide bonds. The van der Waals surface area contributed by atoms with Crippen LogP contribution in [0.2, 0.25) is 0 Å². The molecular formula is C15H24ClN. The molecule has 0 aliphatic heterocycles. The third-order valence-electron chi connectivity index (χ3n) is 3.33. The van der Waals surface area contributed by atoms with Gasteiger partial charge in [-0.05, 0) is 44.2 Å². The molecule has 17 heavy (non-hydrogen) atoms. The van der Waals surface area contributed by atoms with Crippen molar-refractivity contribution in [3.63, 3.8) is 0 Å². The Bertz CT molecular complexity index is 324. The van der Waals surface area contributed by atoms with Crippen molar-refractivity contribution in [1.29, 1.82) is 0 Å². The number of anilines is 1. The van der Waals surface area contributed by atoms with Crippen molar-refractivity contribution in [2.75, 3.05) is 23.9 Å². The van der Waals surface area contributed by atoms with Crippen LogP contribution in [0, 0.1) is 12.8 Å².